The number of fused-ring (bicyclic) bond motifs is 1. The van der Waals surface area contributed by atoms with Gasteiger partial charge in [-0.15, -0.1) is 10.2 Å². The summed E-state index contributed by atoms with van der Waals surface area (Å²) in [6.07, 6.45) is 3.96. The third kappa shape index (κ3) is 4.06. The number of para-hydroxylation sites is 1. The molecule has 1 aliphatic rings. The smallest absolute Gasteiger partial charge is 0.265 e. The van der Waals surface area contributed by atoms with Gasteiger partial charge in [0.25, 0.3) is 5.91 Å². The zero-order valence-electron chi connectivity index (χ0n) is 16.0. The van der Waals surface area contributed by atoms with Crippen molar-refractivity contribution in [2.24, 2.45) is 0 Å². The lowest BCUT2D eigenvalue weighted by Crippen LogP contribution is -2.30. The maximum absolute atomic E-state index is 12.4. The number of benzene rings is 2. The van der Waals surface area contributed by atoms with E-state index < -0.39 is 6.10 Å². The van der Waals surface area contributed by atoms with E-state index in [0.29, 0.717) is 5.75 Å². The number of carbonyl (C=O) groups is 1. The molecule has 6 heteroatoms. The van der Waals surface area contributed by atoms with E-state index in [1.807, 2.05) is 54.6 Å². The van der Waals surface area contributed by atoms with Gasteiger partial charge in [-0.1, -0.05) is 24.6 Å². The highest BCUT2D eigenvalue weighted by Gasteiger charge is 2.17. The Hall–Kier alpha value is -3.15. The lowest BCUT2D eigenvalue weighted by Gasteiger charge is -2.15. The summed E-state index contributed by atoms with van der Waals surface area (Å²) in [4.78, 5) is 12.4. The maximum atomic E-state index is 12.4. The Kier molecular flexibility index (Phi) is 5.37. The van der Waals surface area contributed by atoms with E-state index in [2.05, 4.69) is 20.1 Å². The van der Waals surface area contributed by atoms with Crippen LogP contribution in [0.5, 0.6) is 5.75 Å². The second-order valence-electron chi connectivity index (χ2n) is 7.04. The van der Waals surface area contributed by atoms with E-state index >= 15 is 0 Å². The summed E-state index contributed by atoms with van der Waals surface area (Å²) in [6, 6.07) is 17.1. The first-order chi connectivity index (χ1) is 13.7. The number of hydrogen-bond donors (Lipinski definition) is 1. The van der Waals surface area contributed by atoms with Gasteiger partial charge in [0.05, 0.1) is 0 Å². The minimum atomic E-state index is -0.589. The molecular formula is C22H24N4O2. The lowest BCUT2D eigenvalue weighted by atomic mass is 10.2. The molecule has 1 atom stereocenters. The molecule has 4 rings (SSSR count). The summed E-state index contributed by atoms with van der Waals surface area (Å²) in [6.45, 7) is 2.70. The average Bonchev–Trinajstić information content (AvgIpc) is 2.97. The van der Waals surface area contributed by atoms with Gasteiger partial charge in [-0.25, -0.2) is 0 Å². The largest absolute Gasteiger partial charge is 0.481 e. The number of rotatable bonds is 5. The van der Waals surface area contributed by atoms with Gasteiger partial charge in [0, 0.05) is 24.2 Å². The van der Waals surface area contributed by atoms with Gasteiger partial charge < -0.3 is 14.6 Å². The minimum absolute atomic E-state index is 0.187. The molecule has 2 aromatic carbocycles. The standard InChI is InChI=1S/C22H24N4O2/c1-16(28-19-8-4-2-5-9-19)22(27)23-18-13-11-17(12-14-18)21-25-24-20-10-6-3-7-15-26(20)21/h2,4-5,8-9,11-14,16H,3,6-7,10,15H2,1H3,(H,23,27)/t16-/m0/s1. The van der Waals surface area contributed by atoms with Crippen LogP contribution in [0, 0.1) is 0 Å². The fourth-order valence-electron chi connectivity index (χ4n) is 3.40. The molecular weight excluding hydrogens is 352 g/mol. The molecule has 0 fully saturated rings. The van der Waals surface area contributed by atoms with Crippen molar-refractivity contribution in [2.75, 3.05) is 5.32 Å². The molecule has 0 saturated carbocycles. The van der Waals surface area contributed by atoms with Crippen LogP contribution >= 0.6 is 0 Å². The van der Waals surface area contributed by atoms with Gasteiger partial charge >= 0.3 is 0 Å². The average molecular weight is 376 g/mol. The van der Waals surface area contributed by atoms with Gasteiger partial charge in [0.1, 0.15) is 11.6 Å². The van der Waals surface area contributed by atoms with E-state index in [4.69, 9.17) is 4.74 Å². The molecule has 0 saturated heterocycles. The lowest BCUT2D eigenvalue weighted by molar-refractivity contribution is -0.122. The molecule has 0 radical (unpaired) electrons. The van der Waals surface area contributed by atoms with Crippen LogP contribution < -0.4 is 10.1 Å². The Morgan fingerprint density at radius 2 is 1.82 bits per heavy atom. The number of amides is 1. The Morgan fingerprint density at radius 3 is 2.61 bits per heavy atom. The van der Waals surface area contributed by atoms with Crippen LogP contribution in [0.25, 0.3) is 11.4 Å². The Morgan fingerprint density at radius 1 is 1.04 bits per heavy atom. The normalized spacial score (nSPS) is 14.6. The number of nitrogens with one attached hydrogen (secondary N) is 1. The first-order valence-corrected chi connectivity index (χ1v) is 9.76. The van der Waals surface area contributed by atoms with Crippen LogP contribution in [0.15, 0.2) is 54.6 Å². The van der Waals surface area contributed by atoms with Gasteiger partial charge in [-0.2, -0.15) is 0 Å². The molecule has 0 spiro atoms. The third-order valence-electron chi connectivity index (χ3n) is 4.95. The molecule has 6 nitrogen and oxygen atoms in total. The minimum Gasteiger partial charge on any atom is -0.481 e. The van der Waals surface area contributed by atoms with Crippen molar-refractivity contribution >= 4 is 11.6 Å². The number of ether oxygens (including phenoxy) is 1. The molecule has 144 valence electrons. The topological polar surface area (TPSA) is 69.0 Å². The Balaban J connectivity index is 1.42. The summed E-state index contributed by atoms with van der Waals surface area (Å²) in [5, 5.41) is 11.6. The summed E-state index contributed by atoms with van der Waals surface area (Å²) < 4.78 is 7.89. The van der Waals surface area contributed by atoms with E-state index in [1.54, 1.807) is 6.92 Å². The van der Waals surface area contributed by atoms with Crippen molar-refractivity contribution in [1.29, 1.82) is 0 Å². The van der Waals surface area contributed by atoms with Crippen molar-refractivity contribution in [1.82, 2.24) is 14.8 Å². The summed E-state index contributed by atoms with van der Waals surface area (Å²) in [5.41, 5.74) is 1.74. The summed E-state index contributed by atoms with van der Waals surface area (Å²) in [5.74, 6) is 2.45. The van der Waals surface area contributed by atoms with Crippen molar-refractivity contribution in [3.8, 4) is 17.1 Å². The number of hydrogen-bond acceptors (Lipinski definition) is 4. The van der Waals surface area contributed by atoms with E-state index in [0.717, 1.165) is 42.3 Å². The van der Waals surface area contributed by atoms with Crippen molar-refractivity contribution in [2.45, 2.75) is 45.3 Å². The first kappa shape index (κ1) is 18.2. The van der Waals surface area contributed by atoms with Crippen LogP contribution in [0.4, 0.5) is 5.69 Å². The number of nitrogens with zero attached hydrogens (tertiary/aromatic N) is 3. The Bertz CT molecular complexity index is 935. The molecule has 0 unspecified atom stereocenters. The fourth-order valence-corrected chi connectivity index (χ4v) is 3.40. The predicted octanol–water partition coefficient (Wildman–Crippen LogP) is 4.08. The zero-order valence-corrected chi connectivity index (χ0v) is 16.0. The molecule has 1 N–H and O–H groups in total. The molecule has 28 heavy (non-hydrogen) atoms. The number of aryl methyl sites for hydroxylation is 1. The molecule has 2 heterocycles. The van der Waals surface area contributed by atoms with E-state index in [-0.39, 0.29) is 5.91 Å². The highest BCUT2D eigenvalue weighted by atomic mass is 16.5. The molecule has 0 bridgehead atoms. The third-order valence-corrected chi connectivity index (χ3v) is 4.95. The summed E-state index contributed by atoms with van der Waals surface area (Å²) >= 11 is 0. The van der Waals surface area contributed by atoms with E-state index in [9.17, 15) is 4.79 Å². The van der Waals surface area contributed by atoms with Crippen LogP contribution in [-0.2, 0) is 17.8 Å². The highest BCUT2D eigenvalue weighted by molar-refractivity contribution is 5.94. The van der Waals surface area contributed by atoms with E-state index in [1.165, 1.54) is 12.8 Å². The quantitative estimate of drug-likeness (QED) is 0.729. The SMILES string of the molecule is C[C@H](Oc1ccccc1)C(=O)Nc1ccc(-c2nnc3n2CCCCC3)cc1. The first-order valence-electron chi connectivity index (χ1n) is 9.76. The number of anilines is 1. The summed E-state index contributed by atoms with van der Waals surface area (Å²) in [7, 11) is 0. The van der Waals surface area contributed by atoms with Crippen LogP contribution in [0.2, 0.25) is 0 Å². The molecule has 1 aromatic heterocycles. The van der Waals surface area contributed by atoms with Gasteiger partial charge in [-0.05, 0) is 56.2 Å². The fraction of sp³-hybridized carbons (Fsp3) is 0.318. The number of aromatic nitrogens is 3. The maximum Gasteiger partial charge on any atom is 0.265 e. The molecule has 3 aromatic rings. The van der Waals surface area contributed by atoms with Crippen LogP contribution in [0.1, 0.15) is 32.0 Å². The van der Waals surface area contributed by atoms with Crippen molar-refractivity contribution < 1.29 is 9.53 Å². The Labute approximate surface area is 164 Å². The van der Waals surface area contributed by atoms with Gasteiger partial charge in [0.2, 0.25) is 0 Å². The zero-order chi connectivity index (χ0) is 19.3. The second kappa shape index (κ2) is 8.25. The van der Waals surface area contributed by atoms with Gasteiger partial charge in [-0.3, -0.25) is 4.79 Å². The van der Waals surface area contributed by atoms with Gasteiger partial charge in [0.15, 0.2) is 11.9 Å². The molecule has 1 aliphatic heterocycles. The molecule has 0 aliphatic carbocycles. The van der Waals surface area contributed by atoms with Crippen molar-refractivity contribution in [3.63, 3.8) is 0 Å². The second-order valence-corrected chi connectivity index (χ2v) is 7.04. The van der Waals surface area contributed by atoms with Crippen molar-refractivity contribution in [3.05, 3.63) is 60.4 Å². The monoisotopic (exact) mass is 376 g/mol. The van der Waals surface area contributed by atoms with Crippen LogP contribution in [0.3, 0.4) is 0 Å². The highest BCUT2D eigenvalue weighted by Crippen LogP contribution is 2.24. The predicted molar refractivity (Wildman–Crippen MR) is 108 cm³/mol. The number of carbonyl (C=O) groups excluding carboxylic acids is 1. The molecule has 1 amide bonds. The van der Waals surface area contributed by atoms with Crippen LogP contribution in [-0.4, -0.2) is 26.8 Å².